The van der Waals surface area contributed by atoms with Crippen molar-refractivity contribution < 1.29 is 14.3 Å². The van der Waals surface area contributed by atoms with E-state index in [1.165, 1.54) is 10.6 Å². The van der Waals surface area contributed by atoms with E-state index in [4.69, 9.17) is 4.74 Å². The SMILES string of the molecule is CCCCC(CC)CNC(=O)Nc1cc(=O)n2c(n1)C(C(=O)OC1C(C)CC(C)CC1C)=C(c1ccccc1)C2. The Morgan fingerprint density at radius 1 is 1.10 bits per heavy atom. The van der Waals surface area contributed by atoms with Crippen molar-refractivity contribution >= 4 is 29.0 Å². The molecule has 0 saturated heterocycles. The van der Waals surface area contributed by atoms with E-state index >= 15 is 0 Å². The van der Waals surface area contributed by atoms with E-state index < -0.39 is 12.0 Å². The molecule has 2 aliphatic rings. The van der Waals surface area contributed by atoms with Crippen LogP contribution < -0.4 is 16.2 Å². The molecule has 0 spiro atoms. The number of nitrogens with zero attached hydrogens (tertiary/aromatic N) is 2. The van der Waals surface area contributed by atoms with Crippen molar-refractivity contribution in [1.29, 1.82) is 0 Å². The number of ether oxygens (including phenoxy) is 1. The molecular formula is C32H44N4O4. The summed E-state index contributed by atoms with van der Waals surface area (Å²) in [5.74, 6) is 1.33. The Morgan fingerprint density at radius 2 is 1.80 bits per heavy atom. The number of carbonyl (C=O) groups is 2. The number of unbranched alkanes of at least 4 members (excludes halogenated alkanes) is 1. The van der Waals surface area contributed by atoms with Gasteiger partial charge in [0.1, 0.15) is 17.5 Å². The molecule has 1 aliphatic carbocycles. The first kappa shape index (κ1) is 29.6. The van der Waals surface area contributed by atoms with E-state index in [9.17, 15) is 14.4 Å². The topological polar surface area (TPSA) is 102 Å². The molecule has 2 amide bonds. The summed E-state index contributed by atoms with van der Waals surface area (Å²) < 4.78 is 7.66. The molecule has 3 atom stereocenters. The number of nitrogens with one attached hydrogen (secondary N) is 2. The van der Waals surface area contributed by atoms with Crippen LogP contribution in [0.1, 0.15) is 84.5 Å². The van der Waals surface area contributed by atoms with E-state index in [1.807, 2.05) is 30.3 Å². The molecule has 1 aromatic heterocycles. The van der Waals surface area contributed by atoms with Crippen molar-refractivity contribution in [3.8, 4) is 0 Å². The number of anilines is 1. The zero-order valence-corrected chi connectivity index (χ0v) is 24.5. The summed E-state index contributed by atoms with van der Waals surface area (Å²) in [6.45, 7) is 11.5. The van der Waals surface area contributed by atoms with Crippen LogP contribution in [-0.2, 0) is 16.1 Å². The third-order valence-corrected chi connectivity index (χ3v) is 8.43. The molecule has 3 unspecified atom stereocenters. The zero-order chi connectivity index (χ0) is 28.8. The minimum Gasteiger partial charge on any atom is -0.458 e. The van der Waals surface area contributed by atoms with Crippen LogP contribution in [0, 0.1) is 23.7 Å². The van der Waals surface area contributed by atoms with Crippen molar-refractivity contribution in [2.45, 2.75) is 85.8 Å². The van der Waals surface area contributed by atoms with Gasteiger partial charge in [-0.1, -0.05) is 84.2 Å². The Kier molecular flexibility index (Phi) is 9.82. The van der Waals surface area contributed by atoms with Crippen LogP contribution in [0.4, 0.5) is 10.6 Å². The van der Waals surface area contributed by atoms with Crippen molar-refractivity contribution in [1.82, 2.24) is 14.9 Å². The molecule has 0 bridgehead atoms. The van der Waals surface area contributed by atoms with Crippen LogP contribution in [0.3, 0.4) is 0 Å². The van der Waals surface area contributed by atoms with Crippen LogP contribution >= 0.6 is 0 Å². The molecule has 8 heteroatoms. The minimum absolute atomic E-state index is 0.114. The number of esters is 1. The van der Waals surface area contributed by atoms with E-state index in [2.05, 4.69) is 50.2 Å². The quantitative estimate of drug-likeness (QED) is 0.348. The smallest absolute Gasteiger partial charge is 0.342 e. The number of carbonyl (C=O) groups excluding carboxylic acids is 2. The maximum Gasteiger partial charge on any atom is 0.342 e. The molecule has 2 aromatic rings. The van der Waals surface area contributed by atoms with Crippen LogP contribution in [0.5, 0.6) is 0 Å². The van der Waals surface area contributed by atoms with Crippen molar-refractivity contribution in [2.75, 3.05) is 11.9 Å². The summed E-state index contributed by atoms with van der Waals surface area (Å²) in [5, 5.41) is 5.62. The second-order valence-corrected chi connectivity index (χ2v) is 11.8. The number of hydrogen-bond acceptors (Lipinski definition) is 5. The Bertz CT molecular complexity index is 1270. The maximum atomic E-state index is 13.8. The summed E-state index contributed by atoms with van der Waals surface area (Å²) in [4.78, 5) is 44.3. The first-order valence-corrected chi connectivity index (χ1v) is 14.9. The van der Waals surface area contributed by atoms with Gasteiger partial charge >= 0.3 is 12.0 Å². The first-order chi connectivity index (χ1) is 19.2. The monoisotopic (exact) mass is 548 g/mol. The highest BCUT2D eigenvalue weighted by molar-refractivity contribution is 6.24. The number of fused-ring (bicyclic) bond motifs is 1. The predicted octanol–water partition coefficient (Wildman–Crippen LogP) is 6.12. The number of hydrogen-bond donors (Lipinski definition) is 2. The van der Waals surface area contributed by atoms with E-state index in [0.29, 0.717) is 24.0 Å². The minimum atomic E-state index is -0.474. The number of amides is 2. The van der Waals surface area contributed by atoms with Gasteiger partial charge in [-0.3, -0.25) is 14.7 Å². The standard InChI is InChI=1S/C32H44N4O4/c1-6-8-12-23(7-2)18-33-32(39)35-26-17-27(37)36-19-25(24-13-10-9-11-14-24)28(30(36)34-26)31(38)40-29-21(4)15-20(3)16-22(29)5/h9-11,13-14,17,20-23,29H,6-8,12,15-16,18-19H2,1-5H3,(H2,33,35,39). The van der Waals surface area contributed by atoms with Crippen LogP contribution in [0.2, 0.25) is 0 Å². The zero-order valence-electron chi connectivity index (χ0n) is 24.5. The molecule has 8 nitrogen and oxygen atoms in total. The lowest BCUT2D eigenvalue weighted by Crippen LogP contribution is -2.37. The van der Waals surface area contributed by atoms with Crippen molar-refractivity contribution in [3.05, 3.63) is 58.1 Å². The first-order valence-electron chi connectivity index (χ1n) is 14.9. The molecule has 216 valence electrons. The third-order valence-electron chi connectivity index (χ3n) is 8.43. The fourth-order valence-electron chi connectivity index (χ4n) is 6.33. The van der Waals surface area contributed by atoms with Gasteiger partial charge in [0.25, 0.3) is 5.56 Å². The number of allylic oxidation sites excluding steroid dienone is 1. The lowest BCUT2D eigenvalue weighted by atomic mass is 9.75. The van der Waals surface area contributed by atoms with Gasteiger partial charge in [0, 0.05) is 12.6 Å². The van der Waals surface area contributed by atoms with Crippen LogP contribution in [0.15, 0.2) is 41.2 Å². The van der Waals surface area contributed by atoms with Gasteiger partial charge in [-0.25, -0.2) is 14.6 Å². The highest BCUT2D eigenvalue weighted by atomic mass is 16.5. The van der Waals surface area contributed by atoms with E-state index in [-0.39, 0.29) is 47.3 Å². The Hall–Kier alpha value is -3.42. The lowest BCUT2D eigenvalue weighted by Gasteiger charge is -2.37. The number of rotatable bonds is 10. The summed E-state index contributed by atoms with van der Waals surface area (Å²) >= 11 is 0. The number of benzene rings is 1. The van der Waals surface area contributed by atoms with Gasteiger partial charge in [-0.15, -0.1) is 0 Å². The van der Waals surface area contributed by atoms with Gasteiger partial charge in [-0.05, 0) is 54.1 Å². The van der Waals surface area contributed by atoms with Gasteiger partial charge in [0.15, 0.2) is 5.82 Å². The van der Waals surface area contributed by atoms with Gasteiger partial charge in [0.2, 0.25) is 0 Å². The normalized spacial score (nSPS) is 22.9. The summed E-state index contributed by atoms with van der Waals surface area (Å²) in [7, 11) is 0. The Labute approximate surface area is 237 Å². The maximum absolute atomic E-state index is 13.8. The summed E-state index contributed by atoms with van der Waals surface area (Å²) in [6, 6.07) is 10.4. The molecular weight excluding hydrogens is 504 g/mol. The predicted molar refractivity (Wildman–Crippen MR) is 159 cm³/mol. The molecule has 2 N–H and O–H groups in total. The second-order valence-electron chi connectivity index (χ2n) is 11.8. The van der Waals surface area contributed by atoms with Crippen molar-refractivity contribution in [2.24, 2.45) is 23.7 Å². The highest BCUT2D eigenvalue weighted by Gasteiger charge is 2.38. The molecule has 40 heavy (non-hydrogen) atoms. The third kappa shape index (κ3) is 6.83. The van der Waals surface area contributed by atoms with E-state index in [1.54, 1.807) is 0 Å². The fraction of sp³-hybridized carbons (Fsp3) is 0.562. The average molecular weight is 549 g/mol. The summed E-state index contributed by atoms with van der Waals surface area (Å²) in [5.41, 5.74) is 1.49. The van der Waals surface area contributed by atoms with Gasteiger partial charge < -0.3 is 10.1 Å². The number of urea groups is 1. The van der Waals surface area contributed by atoms with Crippen molar-refractivity contribution in [3.63, 3.8) is 0 Å². The largest absolute Gasteiger partial charge is 0.458 e. The Balaban J connectivity index is 1.61. The van der Waals surface area contributed by atoms with Gasteiger partial charge in [-0.2, -0.15) is 0 Å². The Morgan fingerprint density at radius 3 is 2.45 bits per heavy atom. The second kappa shape index (κ2) is 13.3. The van der Waals surface area contributed by atoms with Crippen LogP contribution in [-0.4, -0.2) is 34.2 Å². The molecule has 1 fully saturated rings. The molecule has 4 rings (SSSR count). The number of aromatic nitrogens is 2. The average Bonchev–Trinajstić information content (AvgIpc) is 3.31. The molecule has 1 aromatic carbocycles. The molecule has 1 aliphatic heterocycles. The molecule has 0 radical (unpaired) electrons. The fourth-order valence-corrected chi connectivity index (χ4v) is 6.33. The molecule has 1 saturated carbocycles. The highest BCUT2D eigenvalue weighted by Crippen LogP contribution is 2.38. The van der Waals surface area contributed by atoms with E-state index in [0.717, 1.165) is 44.1 Å². The summed E-state index contributed by atoms with van der Waals surface area (Å²) in [6.07, 6.45) is 6.07. The van der Waals surface area contributed by atoms with Crippen LogP contribution in [0.25, 0.3) is 11.1 Å². The lowest BCUT2D eigenvalue weighted by molar-refractivity contribution is -0.150. The molecule has 2 heterocycles. The van der Waals surface area contributed by atoms with Gasteiger partial charge in [0.05, 0.1) is 6.54 Å².